The highest BCUT2D eigenvalue weighted by Gasteiger charge is 2.55. The summed E-state index contributed by atoms with van der Waals surface area (Å²) in [5, 5.41) is 0.0649. The molecule has 0 N–H and O–H groups in total. The van der Waals surface area contributed by atoms with Crippen LogP contribution in [0.1, 0.15) is 40.2 Å². The van der Waals surface area contributed by atoms with Crippen LogP contribution in [-0.4, -0.2) is 43.8 Å². The molecule has 3 atom stereocenters. The van der Waals surface area contributed by atoms with Crippen LogP contribution in [0.25, 0.3) is 0 Å². The van der Waals surface area contributed by atoms with Gasteiger partial charge in [-0.1, -0.05) is 51.1 Å². The number of β-lactam (4-membered cyclic amide) rings is 1. The number of ether oxygens (including phenoxy) is 1. The highest BCUT2D eigenvalue weighted by atomic mass is 28.4. The molecule has 1 aliphatic heterocycles. The summed E-state index contributed by atoms with van der Waals surface area (Å²) in [6.07, 6.45) is -0.210. The molecule has 1 aromatic carbocycles. The van der Waals surface area contributed by atoms with Crippen LogP contribution in [0.3, 0.4) is 0 Å². The number of hydrogen-bond acceptors (Lipinski definition) is 4. The third-order valence-electron chi connectivity index (χ3n) is 5.84. The number of amides is 1. The molecule has 2 rings (SSSR count). The molecule has 3 unspecified atom stereocenters. The van der Waals surface area contributed by atoms with E-state index in [4.69, 9.17) is 9.16 Å². The summed E-state index contributed by atoms with van der Waals surface area (Å²) in [7, 11) is -2.00. The molecule has 0 spiro atoms. The number of nitrogens with zero attached hydrogens (tertiary/aromatic N) is 1. The van der Waals surface area contributed by atoms with Crippen molar-refractivity contribution in [2.75, 3.05) is 6.54 Å². The van der Waals surface area contributed by atoms with E-state index in [2.05, 4.69) is 33.9 Å². The molecule has 150 valence electrons. The Balaban J connectivity index is 2.08. The van der Waals surface area contributed by atoms with Crippen LogP contribution in [0.2, 0.25) is 18.1 Å². The van der Waals surface area contributed by atoms with Crippen LogP contribution in [-0.2, 0) is 25.4 Å². The zero-order valence-corrected chi connectivity index (χ0v) is 18.6. The molecule has 6 heteroatoms. The Morgan fingerprint density at radius 1 is 1.22 bits per heavy atom. The molecule has 1 amide bonds. The molecular weight excluding hydrogens is 358 g/mol. The van der Waals surface area contributed by atoms with Gasteiger partial charge in [-0.05, 0) is 37.5 Å². The average molecular weight is 392 g/mol. The second kappa shape index (κ2) is 8.15. The van der Waals surface area contributed by atoms with Gasteiger partial charge in [0.1, 0.15) is 6.61 Å². The van der Waals surface area contributed by atoms with Gasteiger partial charge in [0, 0.05) is 6.54 Å². The van der Waals surface area contributed by atoms with Gasteiger partial charge in [0.25, 0.3) is 0 Å². The maximum absolute atomic E-state index is 12.6. The molecule has 1 aliphatic rings. The molecule has 27 heavy (non-hydrogen) atoms. The van der Waals surface area contributed by atoms with Crippen LogP contribution < -0.4 is 0 Å². The molecule has 0 bridgehead atoms. The maximum atomic E-state index is 12.6. The van der Waals surface area contributed by atoms with Crippen molar-refractivity contribution in [1.82, 2.24) is 4.90 Å². The van der Waals surface area contributed by atoms with Crippen molar-refractivity contribution in [3.05, 3.63) is 35.9 Å². The van der Waals surface area contributed by atoms with Crippen molar-refractivity contribution in [1.29, 1.82) is 0 Å². The number of esters is 1. The molecule has 1 fully saturated rings. The summed E-state index contributed by atoms with van der Waals surface area (Å²) < 4.78 is 11.9. The molecule has 5 nitrogen and oxygen atoms in total. The lowest BCUT2D eigenvalue weighted by atomic mass is 9.84. The largest absolute Gasteiger partial charge is 0.460 e. The van der Waals surface area contributed by atoms with E-state index >= 15 is 0 Å². The number of likely N-dealkylation sites (N-methyl/N-ethyl adjacent to an activating group) is 1. The van der Waals surface area contributed by atoms with Gasteiger partial charge in [-0.15, -0.1) is 0 Å². The minimum atomic E-state index is -2.00. The number of benzene rings is 1. The Bertz CT molecular complexity index is 669. The molecule has 1 heterocycles. The van der Waals surface area contributed by atoms with Crippen molar-refractivity contribution in [2.24, 2.45) is 5.92 Å². The Hall–Kier alpha value is -1.66. The fraction of sp³-hybridized carbons (Fsp3) is 0.619. The lowest BCUT2D eigenvalue weighted by molar-refractivity contribution is -0.179. The number of rotatable bonds is 7. The highest BCUT2D eigenvalue weighted by Crippen LogP contribution is 2.40. The first-order valence-corrected chi connectivity index (χ1v) is 12.6. The first-order valence-electron chi connectivity index (χ1n) is 9.68. The van der Waals surface area contributed by atoms with Gasteiger partial charge in [-0.3, -0.25) is 9.59 Å². The predicted molar refractivity (Wildman–Crippen MR) is 109 cm³/mol. The smallest absolute Gasteiger partial charge is 0.321 e. The van der Waals surface area contributed by atoms with E-state index in [-0.39, 0.29) is 29.7 Å². The molecule has 1 saturated heterocycles. The van der Waals surface area contributed by atoms with E-state index in [9.17, 15) is 9.59 Å². The minimum absolute atomic E-state index is 0.0649. The Morgan fingerprint density at radius 3 is 2.33 bits per heavy atom. The summed E-state index contributed by atoms with van der Waals surface area (Å²) in [5.41, 5.74) is 0.909. The fourth-order valence-corrected chi connectivity index (χ4v) is 4.65. The predicted octanol–water partition coefficient (Wildman–Crippen LogP) is 3.99. The number of hydrogen-bond donors (Lipinski definition) is 0. The first-order chi connectivity index (χ1) is 12.5. The van der Waals surface area contributed by atoms with Crippen LogP contribution >= 0.6 is 0 Å². The quantitative estimate of drug-likeness (QED) is 0.305. The second-order valence-electron chi connectivity index (χ2n) is 8.77. The minimum Gasteiger partial charge on any atom is -0.460 e. The van der Waals surface area contributed by atoms with E-state index in [1.807, 2.05) is 44.2 Å². The summed E-state index contributed by atoms with van der Waals surface area (Å²) in [4.78, 5) is 26.9. The SMILES string of the molecule is CCN1C(=O)C(C(=O)OCc2ccccc2)C1C(C)O[Si](C)(C)C(C)(C)C. The lowest BCUT2D eigenvalue weighted by Gasteiger charge is -2.50. The second-order valence-corrected chi connectivity index (χ2v) is 13.5. The van der Waals surface area contributed by atoms with E-state index in [1.165, 1.54) is 0 Å². The van der Waals surface area contributed by atoms with Crippen molar-refractivity contribution in [3.63, 3.8) is 0 Å². The third kappa shape index (κ3) is 4.61. The van der Waals surface area contributed by atoms with Gasteiger partial charge in [0.05, 0.1) is 12.1 Å². The molecule has 1 aromatic rings. The third-order valence-corrected chi connectivity index (χ3v) is 10.4. The monoisotopic (exact) mass is 391 g/mol. The topological polar surface area (TPSA) is 55.8 Å². The van der Waals surface area contributed by atoms with Gasteiger partial charge >= 0.3 is 5.97 Å². The van der Waals surface area contributed by atoms with Crippen molar-refractivity contribution >= 4 is 20.2 Å². The van der Waals surface area contributed by atoms with Crippen molar-refractivity contribution in [2.45, 2.75) is 71.5 Å². The molecular formula is C21H33NO4Si. The van der Waals surface area contributed by atoms with Crippen molar-refractivity contribution < 1.29 is 18.8 Å². The van der Waals surface area contributed by atoms with Gasteiger partial charge < -0.3 is 14.1 Å². The zero-order valence-electron chi connectivity index (χ0n) is 17.6. The van der Waals surface area contributed by atoms with Gasteiger partial charge in [-0.2, -0.15) is 0 Å². The number of carbonyl (C=O) groups is 2. The van der Waals surface area contributed by atoms with Crippen LogP contribution in [0, 0.1) is 5.92 Å². The standard InChI is InChI=1S/C21H33NO4Si/c1-8-22-18(15(2)26-27(6,7)21(3,4)5)17(19(22)23)20(24)25-14-16-12-10-9-11-13-16/h9-13,15,17-18H,8,14H2,1-7H3. The number of likely N-dealkylation sites (tertiary alicyclic amines) is 1. The Labute approximate surface area is 164 Å². The van der Waals surface area contributed by atoms with Gasteiger partial charge in [0.2, 0.25) is 5.91 Å². The summed E-state index contributed by atoms with van der Waals surface area (Å²) in [5.74, 6) is -1.39. The van der Waals surface area contributed by atoms with Crippen LogP contribution in [0.4, 0.5) is 0 Å². The van der Waals surface area contributed by atoms with E-state index in [0.29, 0.717) is 6.54 Å². The fourth-order valence-electron chi connectivity index (χ4n) is 3.23. The lowest BCUT2D eigenvalue weighted by Crippen LogP contribution is -2.68. The Morgan fingerprint density at radius 2 is 1.81 bits per heavy atom. The van der Waals surface area contributed by atoms with E-state index < -0.39 is 20.2 Å². The molecule has 0 aliphatic carbocycles. The van der Waals surface area contributed by atoms with Gasteiger partial charge in [-0.25, -0.2) is 0 Å². The number of carbonyl (C=O) groups excluding carboxylic acids is 2. The first kappa shape index (κ1) is 21.6. The summed E-state index contributed by atoms with van der Waals surface area (Å²) in [6, 6.07) is 9.24. The molecule has 0 aromatic heterocycles. The maximum Gasteiger partial charge on any atom is 0.321 e. The average Bonchev–Trinajstić information content (AvgIpc) is 2.57. The highest BCUT2D eigenvalue weighted by molar-refractivity contribution is 6.74. The van der Waals surface area contributed by atoms with Crippen LogP contribution in [0.5, 0.6) is 0 Å². The Kier molecular flexibility index (Phi) is 6.53. The summed E-state index contributed by atoms with van der Waals surface area (Å²) in [6.45, 7) is 15.6. The molecule has 0 radical (unpaired) electrons. The zero-order chi connectivity index (χ0) is 20.4. The van der Waals surface area contributed by atoms with E-state index in [0.717, 1.165) is 5.56 Å². The summed E-state index contributed by atoms with van der Waals surface area (Å²) >= 11 is 0. The van der Waals surface area contributed by atoms with E-state index in [1.54, 1.807) is 4.90 Å². The van der Waals surface area contributed by atoms with Crippen LogP contribution in [0.15, 0.2) is 30.3 Å². The van der Waals surface area contributed by atoms with Crippen molar-refractivity contribution in [3.8, 4) is 0 Å². The normalized spacial score (nSPS) is 21.6. The molecule has 0 saturated carbocycles. The van der Waals surface area contributed by atoms with Gasteiger partial charge in [0.15, 0.2) is 14.2 Å².